The van der Waals surface area contributed by atoms with Gasteiger partial charge >= 0.3 is 0 Å². The van der Waals surface area contributed by atoms with Crippen LogP contribution in [0, 0.1) is 0 Å². The summed E-state index contributed by atoms with van der Waals surface area (Å²) in [6, 6.07) is 19.4. The number of nitrogens with one attached hydrogen (secondary N) is 3. The maximum absolute atomic E-state index is 12.9. The molecule has 0 radical (unpaired) electrons. The standard InChI is InChI=1S/C22H19N3O3S3/c1-2-12-23-22(29)24-15-6-5-7-17(13-15)31(26,27)25-16-10-11-19-21(14-16)30-20-9-4-3-8-18(20)28-19/h2-11,13-14,25H,1,12H2,(H2,23,24,29). The highest BCUT2D eigenvalue weighted by molar-refractivity contribution is 7.99. The predicted octanol–water partition coefficient (Wildman–Crippen LogP) is 5.22. The summed E-state index contributed by atoms with van der Waals surface area (Å²) in [7, 11) is -3.80. The van der Waals surface area contributed by atoms with E-state index in [0.29, 0.717) is 28.8 Å². The molecule has 0 spiro atoms. The van der Waals surface area contributed by atoms with Crippen molar-refractivity contribution >= 4 is 50.5 Å². The maximum atomic E-state index is 12.9. The van der Waals surface area contributed by atoms with Crippen molar-refractivity contribution in [3.05, 3.63) is 79.4 Å². The van der Waals surface area contributed by atoms with Crippen LogP contribution in [0.15, 0.2) is 94.1 Å². The lowest BCUT2D eigenvalue weighted by atomic mass is 10.3. The van der Waals surface area contributed by atoms with E-state index in [4.69, 9.17) is 17.0 Å². The Morgan fingerprint density at radius 3 is 2.65 bits per heavy atom. The van der Waals surface area contributed by atoms with E-state index in [1.165, 1.54) is 23.9 Å². The van der Waals surface area contributed by atoms with E-state index in [9.17, 15) is 8.42 Å². The largest absolute Gasteiger partial charge is 0.455 e. The molecule has 0 aromatic heterocycles. The Balaban J connectivity index is 1.51. The molecule has 1 aliphatic heterocycles. The first kappa shape index (κ1) is 21.2. The molecular formula is C22H19N3O3S3. The van der Waals surface area contributed by atoms with Gasteiger partial charge in [0, 0.05) is 12.2 Å². The Kier molecular flexibility index (Phi) is 6.17. The fourth-order valence-electron chi connectivity index (χ4n) is 2.89. The Hall–Kier alpha value is -3.01. The summed E-state index contributed by atoms with van der Waals surface area (Å²) >= 11 is 6.71. The monoisotopic (exact) mass is 469 g/mol. The van der Waals surface area contributed by atoms with Crippen LogP contribution in [0.3, 0.4) is 0 Å². The van der Waals surface area contributed by atoms with Gasteiger partial charge in [-0.05, 0) is 60.7 Å². The van der Waals surface area contributed by atoms with Crippen molar-refractivity contribution in [1.82, 2.24) is 5.32 Å². The number of sulfonamides is 1. The van der Waals surface area contributed by atoms with Crippen molar-refractivity contribution in [3.63, 3.8) is 0 Å². The van der Waals surface area contributed by atoms with Crippen LogP contribution in [0.2, 0.25) is 0 Å². The highest BCUT2D eigenvalue weighted by Crippen LogP contribution is 2.47. The summed E-state index contributed by atoms with van der Waals surface area (Å²) < 4.78 is 34.4. The van der Waals surface area contributed by atoms with Crippen molar-refractivity contribution in [2.45, 2.75) is 14.7 Å². The molecule has 0 bridgehead atoms. The molecule has 0 fully saturated rings. The second kappa shape index (κ2) is 9.01. The van der Waals surface area contributed by atoms with Gasteiger partial charge in [0.05, 0.1) is 20.4 Å². The fourth-order valence-corrected chi connectivity index (χ4v) is 5.17. The van der Waals surface area contributed by atoms with Crippen molar-refractivity contribution in [1.29, 1.82) is 0 Å². The van der Waals surface area contributed by atoms with Gasteiger partial charge < -0.3 is 15.4 Å². The molecule has 0 unspecified atom stereocenters. The Labute approximate surface area is 190 Å². The summed E-state index contributed by atoms with van der Waals surface area (Å²) in [5, 5.41) is 6.29. The summed E-state index contributed by atoms with van der Waals surface area (Å²) in [6.45, 7) is 4.13. The van der Waals surface area contributed by atoms with Gasteiger partial charge in [-0.2, -0.15) is 0 Å². The van der Waals surface area contributed by atoms with E-state index in [1.807, 2.05) is 24.3 Å². The third-order valence-corrected chi connectivity index (χ3v) is 7.02. The topological polar surface area (TPSA) is 79.5 Å². The van der Waals surface area contributed by atoms with Crippen LogP contribution in [0.1, 0.15) is 0 Å². The smallest absolute Gasteiger partial charge is 0.261 e. The van der Waals surface area contributed by atoms with Gasteiger partial charge in [0.25, 0.3) is 10.0 Å². The number of thiocarbonyl (C=S) groups is 1. The molecule has 1 aliphatic rings. The number of anilines is 2. The third-order valence-electron chi connectivity index (χ3n) is 4.29. The van der Waals surface area contributed by atoms with Crippen LogP contribution in [0.25, 0.3) is 0 Å². The van der Waals surface area contributed by atoms with Gasteiger partial charge in [-0.15, -0.1) is 6.58 Å². The van der Waals surface area contributed by atoms with Crippen LogP contribution >= 0.6 is 24.0 Å². The number of hydrogen-bond donors (Lipinski definition) is 3. The summed E-state index contributed by atoms with van der Waals surface area (Å²) in [5.41, 5.74) is 1.02. The van der Waals surface area contributed by atoms with Crippen molar-refractivity contribution in [2.24, 2.45) is 0 Å². The van der Waals surface area contributed by atoms with Gasteiger partial charge in [-0.25, -0.2) is 8.42 Å². The van der Waals surface area contributed by atoms with Crippen LogP contribution in [-0.4, -0.2) is 20.1 Å². The Morgan fingerprint density at radius 2 is 1.81 bits per heavy atom. The second-order valence-corrected chi connectivity index (χ2v) is 9.74. The molecule has 3 aromatic rings. The quantitative estimate of drug-likeness (QED) is 0.264. The number of benzene rings is 3. The summed E-state index contributed by atoms with van der Waals surface area (Å²) in [6.07, 6.45) is 1.68. The molecular weight excluding hydrogens is 450 g/mol. The number of ether oxygens (including phenoxy) is 1. The van der Waals surface area contributed by atoms with E-state index in [0.717, 1.165) is 15.5 Å². The molecule has 0 aliphatic carbocycles. The normalized spacial score (nSPS) is 12.0. The summed E-state index contributed by atoms with van der Waals surface area (Å²) in [4.78, 5) is 1.94. The molecule has 0 atom stereocenters. The molecule has 4 rings (SSSR count). The number of hydrogen-bond acceptors (Lipinski definition) is 5. The van der Waals surface area contributed by atoms with Gasteiger partial charge in [-0.1, -0.05) is 36.0 Å². The summed E-state index contributed by atoms with van der Waals surface area (Å²) in [5.74, 6) is 1.48. The SMILES string of the molecule is C=CCNC(=S)Nc1cccc(S(=O)(=O)Nc2ccc3c(c2)Sc2ccccc2O3)c1. The molecule has 9 heteroatoms. The van der Waals surface area contributed by atoms with Gasteiger partial charge in [0.2, 0.25) is 0 Å². The zero-order valence-electron chi connectivity index (χ0n) is 16.3. The first-order valence-electron chi connectivity index (χ1n) is 9.32. The van der Waals surface area contributed by atoms with Crippen LogP contribution in [0.4, 0.5) is 11.4 Å². The van der Waals surface area contributed by atoms with Gasteiger partial charge in [0.1, 0.15) is 11.5 Å². The second-order valence-electron chi connectivity index (χ2n) is 6.57. The van der Waals surface area contributed by atoms with E-state index in [-0.39, 0.29) is 4.90 Å². The lowest BCUT2D eigenvalue weighted by Crippen LogP contribution is -2.28. The molecule has 0 saturated heterocycles. The molecule has 3 N–H and O–H groups in total. The Bertz CT molecular complexity index is 1260. The zero-order chi connectivity index (χ0) is 21.8. The maximum Gasteiger partial charge on any atom is 0.261 e. The average Bonchev–Trinajstić information content (AvgIpc) is 2.76. The first-order chi connectivity index (χ1) is 14.9. The van der Waals surface area contributed by atoms with Gasteiger partial charge in [0.15, 0.2) is 5.11 Å². The number of rotatable bonds is 6. The highest BCUT2D eigenvalue weighted by Gasteiger charge is 2.20. The molecule has 31 heavy (non-hydrogen) atoms. The van der Waals surface area contributed by atoms with Crippen molar-refractivity contribution in [2.75, 3.05) is 16.6 Å². The minimum absolute atomic E-state index is 0.121. The third kappa shape index (κ3) is 5.01. The molecule has 3 aromatic carbocycles. The number of para-hydroxylation sites is 1. The van der Waals surface area contributed by atoms with Crippen LogP contribution < -0.4 is 20.1 Å². The van der Waals surface area contributed by atoms with Crippen LogP contribution in [0.5, 0.6) is 11.5 Å². The van der Waals surface area contributed by atoms with Gasteiger partial charge in [-0.3, -0.25) is 4.72 Å². The molecule has 1 heterocycles. The fraction of sp³-hybridized carbons (Fsp3) is 0.0455. The van der Waals surface area contributed by atoms with Crippen LogP contribution in [-0.2, 0) is 10.0 Å². The predicted molar refractivity (Wildman–Crippen MR) is 129 cm³/mol. The Morgan fingerprint density at radius 1 is 1.00 bits per heavy atom. The first-order valence-corrected chi connectivity index (χ1v) is 12.0. The molecule has 6 nitrogen and oxygen atoms in total. The minimum atomic E-state index is -3.80. The van der Waals surface area contributed by atoms with Crippen molar-refractivity contribution in [3.8, 4) is 11.5 Å². The molecule has 0 amide bonds. The minimum Gasteiger partial charge on any atom is -0.455 e. The zero-order valence-corrected chi connectivity index (χ0v) is 18.7. The van der Waals surface area contributed by atoms with E-state index in [1.54, 1.807) is 36.4 Å². The lowest BCUT2D eigenvalue weighted by Gasteiger charge is -2.20. The van der Waals surface area contributed by atoms with E-state index >= 15 is 0 Å². The van der Waals surface area contributed by atoms with E-state index < -0.39 is 10.0 Å². The van der Waals surface area contributed by atoms with E-state index in [2.05, 4.69) is 21.9 Å². The number of fused-ring (bicyclic) bond motifs is 2. The average molecular weight is 470 g/mol. The molecule has 158 valence electrons. The highest BCUT2D eigenvalue weighted by atomic mass is 32.2. The lowest BCUT2D eigenvalue weighted by molar-refractivity contribution is 0.454. The molecule has 0 saturated carbocycles. The van der Waals surface area contributed by atoms with Crippen molar-refractivity contribution < 1.29 is 13.2 Å².